The zero-order chi connectivity index (χ0) is 20.7. The van der Waals surface area contributed by atoms with Crippen LogP contribution in [0.4, 0.5) is 0 Å². The number of rotatable bonds is 6. The van der Waals surface area contributed by atoms with Crippen molar-refractivity contribution >= 4 is 5.91 Å². The van der Waals surface area contributed by atoms with Gasteiger partial charge >= 0.3 is 0 Å². The summed E-state index contributed by atoms with van der Waals surface area (Å²) in [4.78, 5) is 21.5. The molecule has 30 heavy (non-hydrogen) atoms. The molecule has 3 aromatic heterocycles. The number of hydrogen-bond acceptors (Lipinski definition) is 5. The van der Waals surface area contributed by atoms with Crippen molar-refractivity contribution in [2.24, 2.45) is 0 Å². The van der Waals surface area contributed by atoms with Gasteiger partial charge in [0.05, 0.1) is 23.5 Å². The number of pyridine rings is 2. The van der Waals surface area contributed by atoms with Gasteiger partial charge in [-0.25, -0.2) is 4.98 Å². The summed E-state index contributed by atoms with van der Waals surface area (Å²) in [6.07, 6.45) is 6.76. The molecule has 1 atom stereocenters. The van der Waals surface area contributed by atoms with Crippen LogP contribution in [0.5, 0.6) is 5.88 Å². The van der Waals surface area contributed by atoms with Crippen LogP contribution in [0.3, 0.4) is 0 Å². The number of amides is 1. The molecule has 0 radical (unpaired) electrons. The van der Waals surface area contributed by atoms with Crippen LogP contribution in [0.1, 0.15) is 66.8 Å². The van der Waals surface area contributed by atoms with Gasteiger partial charge in [0, 0.05) is 47.7 Å². The monoisotopic (exact) mass is 403 g/mol. The maximum Gasteiger partial charge on any atom is 0.252 e. The molecule has 0 saturated heterocycles. The van der Waals surface area contributed by atoms with E-state index in [1.807, 2.05) is 30.8 Å². The van der Waals surface area contributed by atoms with Crippen LogP contribution in [0.2, 0.25) is 0 Å². The Hall–Kier alpha value is -3.22. The molecule has 1 fully saturated rings. The second kappa shape index (κ2) is 7.55. The van der Waals surface area contributed by atoms with E-state index in [2.05, 4.69) is 27.4 Å². The quantitative estimate of drug-likeness (QED) is 0.675. The van der Waals surface area contributed by atoms with Crippen molar-refractivity contribution in [1.29, 1.82) is 0 Å². The minimum absolute atomic E-state index is 0.00651. The number of aryl methyl sites for hydroxylation is 1. The zero-order valence-electron chi connectivity index (χ0n) is 17.2. The third-order valence-corrected chi connectivity index (χ3v) is 5.53. The summed E-state index contributed by atoms with van der Waals surface area (Å²) < 4.78 is 7.60. The van der Waals surface area contributed by atoms with E-state index in [-0.39, 0.29) is 18.1 Å². The molecule has 2 aliphatic rings. The summed E-state index contributed by atoms with van der Waals surface area (Å²) in [5.74, 6) is 0.934. The van der Waals surface area contributed by atoms with Gasteiger partial charge in [-0.1, -0.05) is 0 Å². The predicted octanol–water partition coefficient (Wildman–Crippen LogP) is 3.88. The van der Waals surface area contributed by atoms with Crippen LogP contribution >= 0.6 is 0 Å². The van der Waals surface area contributed by atoms with Crippen LogP contribution in [-0.4, -0.2) is 31.8 Å². The Labute approximate surface area is 175 Å². The van der Waals surface area contributed by atoms with Gasteiger partial charge in [0.2, 0.25) is 5.88 Å². The number of nitrogens with one attached hydrogen (secondary N) is 1. The molecule has 3 aromatic rings. The average Bonchev–Trinajstić information content (AvgIpc) is 3.40. The summed E-state index contributed by atoms with van der Waals surface area (Å²) in [6.45, 7) is 4.66. The van der Waals surface area contributed by atoms with Crippen molar-refractivity contribution in [3.05, 3.63) is 59.7 Å². The van der Waals surface area contributed by atoms with E-state index in [0.29, 0.717) is 17.4 Å². The lowest BCUT2D eigenvalue weighted by Crippen LogP contribution is -2.27. The van der Waals surface area contributed by atoms with Gasteiger partial charge in [-0.2, -0.15) is 5.10 Å². The molecule has 0 spiro atoms. The lowest BCUT2D eigenvalue weighted by molar-refractivity contribution is 0.0935. The second-order valence-electron chi connectivity index (χ2n) is 8.29. The van der Waals surface area contributed by atoms with Crippen molar-refractivity contribution in [2.45, 2.75) is 57.7 Å². The first-order valence-corrected chi connectivity index (χ1v) is 10.5. The summed E-state index contributed by atoms with van der Waals surface area (Å²) in [7, 11) is 0. The van der Waals surface area contributed by atoms with Gasteiger partial charge in [-0.15, -0.1) is 0 Å². The Balaban J connectivity index is 1.33. The molecular weight excluding hydrogens is 378 g/mol. The van der Waals surface area contributed by atoms with Gasteiger partial charge in [0.15, 0.2) is 0 Å². The molecule has 0 unspecified atom stereocenters. The average molecular weight is 403 g/mol. The normalized spacial score (nSPS) is 17.8. The number of ether oxygens (including phenoxy) is 1. The van der Waals surface area contributed by atoms with E-state index in [1.165, 1.54) is 12.8 Å². The first-order valence-electron chi connectivity index (χ1n) is 10.5. The zero-order valence-corrected chi connectivity index (χ0v) is 17.2. The Morgan fingerprint density at radius 1 is 1.13 bits per heavy atom. The largest absolute Gasteiger partial charge is 0.475 e. The van der Waals surface area contributed by atoms with Crippen LogP contribution in [-0.2, 0) is 6.54 Å². The van der Waals surface area contributed by atoms with Gasteiger partial charge < -0.3 is 10.1 Å². The number of aromatic nitrogens is 4. The van der Waals surface area contributed by atoms with E-state index < -0.39 is 0 Å². The lowest BCUT2D eigenvalue weighted by Gasteiger charge is -2.13. The number of carbonyl (C=O) groups excluding carboxylic acids is 1. The maximum absolute atomic E-state index is 12.8. The molecule has 4 heterocycles. The fourth-order valence-electron chi connectivity index (χ4n) is 3.89. The first kappa shape index (κ1) is 18.8. The van der Waals surface area contributed by atoms with Crippen molar-refractivity contribution in [1.82, 2.24) is 25.1 Å². The van der Waals surface area contributed by atoms with Crippen LogP contribution in [0.25, 0.3) is 11.3 Å². The topological polar surface area (TPSA) is 81.9 Å². The van der Waals surface area contributed by atoms with Crippen LogP contribution in [0, 0.1) is 0 Å². The van der Waals surface area contributed by atoms with Crippen molar-refractivity contribution in [3.63, 3.8) is 0 Å². The van der Waals surface area contributed by atoms with Crippen LogP contribution in [0.15, 0.2) is 42.7 Å². The smallest absolute Gasteiger partial charge is 0.252 e. The maximum atomic E-state index is 12.8. The molecular formula is C23H25N5O2. The molecule has 1 amide bonds. The molecule has 0 bridgehead atoms. The second-order valence-corrected chi connectivity index (χ2v) is 8.29. The molecule has 1 aliphatic heterocycles. The number of nitrogens with zero attached hydrogens (tertiary/aromatic N) is 4. The van der Waals surface area contributed by atoms with E-state index in [0.717, 1.165) is 35.6 Å². The minimum Gasteiger partial charge on any atom is -0.475 e. The molecule has 1 N–H and O–H groups in total. The molecule has 1 aliphatic carbocycles. The van der Waals surface area contributed by atoms with Crippen molar-refractivity contribution in [2.75, 3.05) is 0 Å². The highest BCUT2D eigenvalue weighted by Gasteiger charge is 2.28. The molecule has 154 valence electrons. The molecule has 7 nitrogen and oxygen atoms in total. The highest BCUT2D eigenvalue weighted by molar-refractivity contribution is 5.94. The van der Waals surface area contributed by atoms with E-state index in [4.69, 9.17) is 9.84 Å². The van der Waals surface area contributed by atoms with Crippen LogP contribution < -0.4 is 10.1 Å². The van der Waals surface area contributed by atoms with Crippen molar-refractivity contribution < 1.29 is 9.53 Å². The van der Waals surface area contributed by atoms with Crippen molar-refractivity contribution in [3.8, 4) is 17.1 Å². The van der Waals surface area contributed by atoms with E-state index >= 15 is 0 Å². The van der Waals surface area contributed by atoms with Gasteiger partial charge in [0.25, 0.3) is 5.91 Å². The summed E-state index contributed by atoms with van der Waals surface area (Å²) >= 11 is 0. The molecule has 5 rings (SSSR count). The summed E-state index contributed by atoms with van der Waals surface area (Å²) in [5.41, 5.74) is 4.76. The Morgan fingerprint density at radius 2 is 1.97 bits per heavy atom. The highest BCUT2D eigenvalue weighted by atomic mass is 16.5. The van der Waals surface area contributed by atoms with E-state index in [9.17, 15) is 4.79 Å². The Morgan fingerprint density at radius 3 is 2.77 bits per heavy atom. The standard InChI is InChI=1S/C23H25N5O2/c1-14(2)30-22-12-17(6-9-25-22)23(29)26-18-7-10-28-21(18)13-20(27-28)16-5-8-24-19(11-16)15-3-4-15/h5-6,8-9,11-15,18H,3-4,7,10H2,1-2H3,(H,26,29)/t18-/m1/s1. The van der Waals surface area contributed by atoms with Gasteiger partial charge in [-0.3, -0.25) is 14.5 Å². The SMILES string of the molecule is CC(C)Oc1cc(C(=O)N[C@@H]2CCn3nc(-c4ccnc(C5CC5)c4)cc32)ccn1. The molecule has 7 heteroatoms. The fraction of sp³-hybridized carbons (Fsp3) is 0.391. The third-order valence-electron chi connectivity index (χ3n) is 5.53. The van der Waals surface area contributed by atoms with Gasteiger partial charge in [-0.05, 0) is 57.4 Å². The molecule has 1 saturated carbocycles. The Bertz CT molecular complexity index is 1090. The van der Waals surface area contributed by atoms with E-state index in [1.54, 1.807) is 18.3 Å². The highest BCUT2D eigenvalue weighted by Crippen LogP contribution is 2.40. The number of carbonyl (C=O) groups is 1. The predicted molar refractivity (Wildman–Crippen MR) is 112 cm³/mol. The Kier molecular flexibility index (Phi) is 4.73. The summed E-state index contributed by atoms with van der Waals surface area (Å²) in [6, 6.07) is 9.57. The number of fused-ring (bicyclic) bond motifs is 1. The van der Waals surface area contributed by atoms with Gasteiger partial charge in [0.1, 0.15) is 0 Å². The first-order chi connectivity index (χ1) is 14.6. The molecule has 0 aromatic carbocycles. The third kappa shape index (κ3) is 3.79. The number of hydrogen-bond donors (Lipinski definition) is 1. The minimum atomic E-state index is -0.132. The lowest BCUT2D eigenvalue weighted by atomic mass is 10.1. The fourth-order valence-corrected chi connectivity index (χ4v) is 3.89. The summed E-state index contributed by atoms with van der Waals surface area (Å²) in [5, 5.41) is 7.91.